The molecular weight excluding hydrogens is 208 g/mol. The summed E-state index contributed by atoms with van der Waals surface area (Å²) >= 11 is 0. The highest BCUT2D eigenvalue weighted by molar-refractivity contribution is 7.95. The maximum absolute atomic E-state index is 13.1. The summed E-state index contributed by atoms with van der Waals surface area (Å²) in [7, 11) is -2.26. The SMILES string of the molecule is O=S1(=Nc2cccc(F)c2F)CCC1. The smallest absolute Gasteiger partial charge is 0.185 e. The molecule has 0 N–H and O–H groups in total. The first-order valence-corrected chi connectivity index (χ1v) is 6.13. The lowest BCUT2D eigenvalue weighted by atomic mass is 10.3. The molecule has 2 nitrogen and oxygen atoms in total. The standard InChI is InChI=1S/C9H9F2NOS/c10-7-3-1-4-8(9(7)11)12-14(13)5-2-6-14/h1,3-4H,2,5-6H2. The number of hydrogen-bond acceptors (Lipinski definition) is 2. The molecule has 0 spiro atoms. The van der Waals surface area contributed by atoms with Crippen LogP contribution in [0.5, 0.6) is 0 Å². The van der Waals surface area contributed by atoms with Crippen LogP contribution in [0, 0.1) is 11.6 Å². The molecule has 5 heteroatoms. The minimum atomic E-state index is -2.26. The van der Waals surface area contributed by atoms with E-state index in [2.05, 4.69) is 4.36 Å². The molecule has 1 aromatic carbocycles. The van der Waals surface area contributed by atoms with Gasteiger partial charge in [-0.2, -0.15) is 4.36 Å². The molecule has 1 fully saturated rings. The Labute approximate surface area is 81.1 Å². The molecule has 0 amide bonds. The van der Waals surface area contributed by atoms with E-state index in [4.69, 9.17) is 0 Å². The van der Waals surface area contributed by atoms with Crippen molar-refractivity contribution in [2.75, 3.05) is 11.5 Å². The first-order valence-electron chi connectivity index (χ1n) is 4.27. The molecule has 1 aliphatic heterocycles. The van der Waals surface area contributed by atoms with E-state index in [0.29, 0.717) is 11.5 Å². The summed E-state index contributed by atoms with van der Waals surface area (Å²) in [5.41, 5.74) is -0.130. The highest BCUT2D eigenvalue weighted by atomic mass is 32.2. The van der Waals surface area contributed by atoms with Crippen LogP contribution in [0.2, 0.25) is 0 Å². The lowest BCUT2D eigenvalue weighted by Crippen LogP contribution is -2.23. The fourth-order valence-electron chi connectivity index (χ4n) is 1.22. The van der Waals surface area contributed by atoms with Crippen LogP contribution >= 0.6 is 0 Å². The zero-order valence-corrected chi connectivity index (χ0v) is 8.19. The fourth-order valence-corrected chi connectivity index (χ4v) is 2.69. The molecule has 0 aromatic heterocycles. The van der Waals surface area contributed by atoms with Crippen molar-refractivity contribution in [1.82, 2.24) is 0 Å². The molecule has 1 heterocycles. The normalized spacial score (nSPS) is 18.7. The summed E-state index contributed by atoms with van der Waals surface area (Å²) in [5, 5.41) is 0. The highest BCUT2D eigenvalue weighted by Gasteiger charge is 2.20. The van der Waals surface area contributed by atoms with Crippen molar-refractivity contribution >= 4 is 15.4 Å². The third-order valence-corrected chi connectivity index (χ3v) is 4.51. The molecule has 1 aliphatic rings. The van der Waals surface area contributed by atoms with Crippen molar-refractivity contribution in [3.05, 3.63) is 29.8 Å². The molecule has 0 saturated carbocycles. The van der Waals surface area contributed by atoms with E-state index in [9.17, 15) is 13.0 Å². The zero-order valence-electron chi connectivity index (χ0n) is 7.37. The van der Waals surface area contributed by atoms with Crippen molar-refractivity contribution in [1.29, 1.82) is 0 Å². The second-order valence-corrected chi connectivity index (χ2v) is 5.74. The molecule has 76 valence electrons. The van der Waals surface area contributed by atoms with Gasteiger partial charge in [0.15, 0.2) is 11.6 Å². The predicted molar refractivity (Wildman–Crippen MR) is 50.9 cm³/mol. The molecule has 0 radical (unpaired) electrons. The van der Waals surface area contributed by atoms with Crippen LogP contribution < -0.4 is 0 Å². The van der Waals surface area contributed by atoms with Gasteiger partial charge in [-0.25, -0.2) is 13.0 Å². The van der Waals surface area contributed by atoms with Crippen molar-refractivity contribution in [3.8, 4) is 0 Å². The van der Waals surface area contributed by atoms with E-state index in [1.165, 1.54) is 12.1 Å². The minimum Gasteiger partial charge on any atom is -0.249 e. The average Bonchev–Trinajstić information content (AvgIpc) is 2.10. The van der Waals surface area contributed by atoms with Gasteiger partial charge in [0, 0.05) is 11.5 Å². The highest BCUT2D eigenvalue weighted by Crippen LogP contribution is 2.25. The summed E-state index contributed by atoms with van der Waals surface area (Å²) in [5.74, 6) is -0.984. The lowest BCUT2D eigenvalue weighted by molar-refractivity contribution is 0.510. The third-order valence-electron chi connectivity index (χ3n) is 2.12. The van der Waals surface area contributed by atoms with E-state index in [1.54, 1.807) is 0 Å². The summed E-state index contributed by atoms with van der Waals surface area (Å²) in [6, 6.07) is 3.71. The minimum absolute atomic E-state index is 0.130. The Morgan fingerprint density at radius 1 is 1.29 bits per heavy atom. The number of hydrogen-bond donors (Lipinski definition) is 0. The Morgan fingerprint density at radius 2 is 2.00 bits per heavy atom. The van der Waals surface area contributed by atoms with Crippen LogP contribution in [0.25, 0.3) is 0 Å². The fraction of sp³-hybridized carbons (Fsp3) is 0.333. The van der Waals surface area contributed by atoms with Crippen LogP contribution in [0.15, 0.2) is 22.6 Å². The monoisotopic (exact) mass is 217 g/mol. The molecular formula is C9H9F2NOS. The van der Waals surface area contributed by atoms with Gasteiger partial charge in [-0.1, -0.05) is 6.07 Å². The maximum atomic E-state index is 13.1. The van der Waals surface area contributed by atoms with Crippen molar-refractivity contribution in [2.24, 2.45) is 4.36 Å². The van der Waals surface area contributed by atoms with E-state index in [-0.39, 0.29) is 5.69 Å². The summed E-state index contributed by atoms with van der Waals surface area (Å²) in [6.45, 7) is 0. The van der Waals surface area contributed by atoms with Crippen molar-refractivity contribution < 1.29 is 13.0 Å². The number of benzene rings is 1. The molecule has 0 bridgehead atoms. The van der Waals surface area contributed by atoms with Crippen LogP contribution in [0.3, 0.4) is 0 Å². The molecule has 1 saturated heterocycles. The van der Waals surface area contributed by atoms with Crippen molar-refractivity contribution in [2.45, 2.75) is 6.42 Å². The van der Waals surface area contributed by atoms with Crippen molar-refractivity contribution in [3.63, 3.8) is 0 Å². The van der Waals surface area contributed by atoms with Crippen LogP contribution in [-0.2, 0) is 9.73 Å². The van der Waals surface area contributed by atoms with Gasteiger partial charge >= 0.3 is 0 Å². The van der Waals surface area contributed by atoms with Gasteiger partial charge in [0.1, 0.15) is 5.69 Å². The van der Waals surface area contributed by atoms with E-state index < -0.39 is 21.4 Å². The second-order valence-electron chi connectivity index (χ2n) is 3.20. The van der Waals surface area contributed by atoms with Crippen LogP contribution in [0.4, 0.5) is 14.5 Å². The summed E-state index contributed by atoms with van der Waals surface area (Å²) < 4.78 is 41.2. The summed E-state index contributed by atoms with van der Waals surface area (Å²) in [4.78, 5) is 0. The van der Waals surface area contributed by atoms with Crippen LogP contribution in [0.1, 0.15) is 6.42 Å². The maximum Gasteiger partial charge on any atom is 0.185 e. The van der Waals surface area contributed by atoms with Gasteiger partial charge in [-0.05, 0) is 18.6 Å². The third kappa shape index (κ3) is 1.64. The van der Waals surface area contributed by atoms with Gasteiger partial charge in [0.05, 0.1) is 9.73 Å². The quantitative estimate of drug-likeness (QED) is 0.710. The van der Waals surface area contributed by atoms with E-state index >= 15 is 0 Å². The average molecular weight is 217 g/mol. The Kier molecular flexibility index (Phi) is 2.26. The predicted octanol–water partition coefficient (Wildman–Crippen LogP) is 2.47. The lowest BCUT2D eigenvalue weighted by Gasteiger charge is -2.17. The Bertz CT molecular complexity index is 468. The Hall–Kier alpha value is -0.970. The van der Waals surface area contributed by atoms with Gasteiger partial charge in [0.2, 0.25) is 0 Å². The summed E-state index contributed by atoms with van der Waals surface area (Å²) in [6.07, 6.45) is 0.846. The molecule has 2 rings (SSSR count). The number of halogens is 2. The molecule has 0 atom stereocenters. The molecule has 14 heavy (non-hydrogen) atoms. The Balaban J connectivity index is 2.48. The number of nitrogens with zero attached hydrogens (tertiary/aromatic N) is 1. The topological polar surface area (TPSA) is 29.4 Å². The van der Waals surface area contributed by atoms with Gasteiger partial charge in [0.25, 0.3) is 0 Å². The number of rotatable bonds is 1. The van der Waals surface area contributed by atoms with E-state index in [0.717, 1.165) is 12.5 Å². The first kappa shape index (κ1) is 9.58. The van der Waals surface area contributed by atoms with Gasteiger partial charge in [-0.15, -0.1) is 0 Å². The molecule has 1 aromatic rings. The van der Waals surface area contributed by atoms with E-state index in [1.807, 2.05) is 0 Å². The van der Waals surface area contributed by atoms with Gasteiger partial charge in [-0.3, -0.25) is 0 Å². The van der Waals surface area contributed by atoms with Crippen LogP contribution in [-0.4, -0.2) is 15.7 Å². The largest absolute Gasteiger partial charge is 0.249 e. The van der Waals surface area contributed by atoms with Gasteiger partial charge < -0.3 is 0 Å². The second kappa shape index (κ2) is 3.31. The molecule has 0 aliphatic carbocycles. The Morgan fingerprint density at radius 3 is 2.57 bits per heavy atom. The molecule has 0 unspecified atom stereocenters. The first-order chi connectivity index (χ1) is 6.61. The zero-order chi connectivity index (χ0) is 10.2.